The minimum Gasteiger partial charge on any atom is -0.422 e. The number of nitrogens with zero attached hydrogens (tertiary/aromatic N) is 1. The van der Waals surface area contributed by atoms with Gasteiger partial charge in [-0.25, -0.2) is 9.59 Å². The maximum atomic E-state index is 13.7. The highest BCUT2D eigenvalue weighted by atomic mass is 16.7. The number of para-hydroxylation sites is 1. The highest BCUT2D eigenvalue weighted by molar-refractivity contribution is 6.06. The lowest BCUT2D eigenvalue weighted by molar-refractivity contribution is -0.130. The van der Waals surface area contributed by atoms with Gasteiger partial charge in [0.15, 0.2) is 0 Å². The maximum Gasteiger partial charge on any atom is 0.373 e. The number of carbonyl (C=O) groups is 2. The molecule has 7 heteroatoms. The lowest BCUT2D eigenvalue weighted by Crippen LogP contribution is -2.43. The number of oxime groups is 1. The van der Waals surface area contributed by atoms with Crippen molar-refractivity contribution < 1.29 is 18.8 Å². The molecule has 0 aliphatic heterocycles. The summed E-state index contributed by atoms with van der Waals surface area (Å²) in [6.07, 6.45) is 2.78. The van der Waals surface area contributed by atoms with Gasteiger partial charge in [-0.1, -0.05) is 63.2 Å². The summed E-state index contributed by atoms with van der Waals surface area (Å²) in [7, 11) is 0. The average molecular weight is 487 g/mol. The van der Waals surface area contributed by atoms with Crippen LogP contribution in [0.3, 0.4) is 0 Å². The highest BCUT2D eigenvalue weighted by Gasteiger charge is 2.71. The van der Waals surface area contributed by atoms with E-state index in [1.807, 2.05) is 24.3 Å². The van der Waals surface area contributed by atoms with Crippen LogP contribution in [0, 0.1) is 16.2 Å². The van der Waals surface area contributed by atoms with Crippen LogP contribution in [0.4, 0.5) is 5.69 Å². The molecule has 1 heterocycles. The molecule has 2 fully saturated rings. The average Bonchev–Trinajstić information content (AvgIpc) is 3.18. The first kappa shape index (κ1) is 24.0. The second kappa shape index (κ2) is 8.43. The summed E-state index contributed by atoms with van der Waals surface area (Å²) in [5, 5.41) is 7.96. The minimum absolute atomic E-state index is 0.0489. The molecule has 2 aromatic carbocycles. The van der Waals surface area contributed by atoms with Crippen molar-refractivity contribution in [3.05, 3.63) is 76.1 Å². The fraction of sp³-hybridized carbons (Fsp3) is 0.379. The predicted octanol–water partition coefficient (Wildman–Crippen LogP) is 5.72. The van der Waals surface area contributed by atoms with Gasteiger partial charge in [0.05, 0.1) is 11.1 Å². The van der Waals surface area contributed by atoms with Crippen LogP contribution in [0.1, 0.15) is 62.9 Å². The lowest BCUT2D eigenvalue weighted by Gasteiger charge is -2.39. The van der Waals surface area contributed by atoms with Crippen LogP contribution in [0.2, 0.25) is 0 Å². The van der Waals surface area contributed by atoms with Crippen molar-refractivity contribution in [1.29, 1.82) is 0 Å². The monoisotopic (exact) mass is 486 g/mol. The summed E-state index contributed by atoms with van der Waals surface area (Å²) in [4.78, 5) is 44.1. The van der Waals surface area contributed by atoms with Gasteiger partial charge in [-0.05, 0) is 54.5 Å². The number of benzene rings is 2. The van der Waals surface area contributed by atoms with E-state index in [4.69, 9.17) is 9.25 Å². The van der Waals surface area contributed by atoms with Crippen LogP contribution < -0.4 is 10.9 Å². The summed E-state index contributed by atoms with van der Waals surface area (Å²) in [6, 6.07) is 16.3. The number of nitrogens with one attached hydrogen (secondary N) is 1. The third-order valence-electron chi connectivity index (χ3n) is 8.89. The van der Waals surface area contributed by atoms with Crippen LogP contribution >= 0.6 is 0 Å². The van der Waals surface area contributed by atoms with E-state index in [0.717, 1.165) is 24.9 Å². The Bertz CT molecular complexity index is 1450. The summed E-state index contributed by atoms with van der Waals surface area (Å²) in [5.41, 5.74) is 0.507. The minimum atomic E-state index is -0.874. The Morgan fingerprint density at radius 3 is 2.50 bits per heavy atom. The van der Waals surface area contributed by atoms with Gasteiger partial charge in [0.1, 0.15) is 11.1 Å². The van der Waals surface area contributed by atoms with Crippen molar-refractivity contribution in [1.82, 2.24) is 0 Å². The summed E-state index contributed by atoms with van der Waals surface area (Å²) < 4.78 is 5.25. The van der Waals surface area contributed by atoms with Crippen molar-refractivity contribution >= 4 is 34.2 Å². The number of anilines is 1. The molecule has 2 unspecified atom stereocenters. The Kier molecular flexibility index (Phi) is 5.62. The number of amides is 1. The van der Waals surface area contributed by atoms with Crippen molar-refractivity contribution in [2.75, 3.05) is 5.32 Å². The Morgan fingerprint density at radius 1 is 1.06 bits per heavy atom. The molecule has 2 aliphatic carbocycles. The van der Waals surface area contributed by atoms with E-state index < -0.39 is 27.8 Å². The molecule has 2 aliphatic rings. The molecule has 36 heavy (non-hydrogen) atoms. The van der Waals surface area contributed by atoms with Crippen LogP contribution in [0.25, 0.3) is 11.0 Å². The van der Waals surface area contributed by atoms with Crippen LogP contribution in [0.5, 0.6) is 0 Å². The first-order valence-electron chi connectivity index (χ1n) is 12.3. The zero-order valence-corrected chi connectivity index (χ0v) is 21.0. The third-order valence-corrected chi connectivity index (χ3v) is 8.89. The first-order chi connectivity index (χ1) is 17.1. The summed E-state index contributed by atoms with van der Waals surface area (Å²) in [6.45, 7) is 8.33. The number of rotatable bonds is 5. The van der Waals surface area contributed by atoms with Crippen LogP contribution in [-0.2, 0) is 16.1 Å². The summed E-state index contributed by atoms with van der Waals surface area (Å²) in [5.74, 6) is -0.923. The van der Waals surface area contributed by atoms with E-state index >= 15 is 0 Å². The molecular weight excluding hydrogens is 456 g/mol. The van der Waals surface area contributed by atoms with Crippen molar-refractivity contribution in [2.24, 2.45) is 21.4 Å². The SMILES string of the molecule is CCc1ccc(NC(=O)C23CCC(C)(C(=NOC(=O)c4cc5ccccc5oc4=O)C2)C3(C)C)cc1. The molecule has 1 amide bonds. The number of carbonyl (C=O) groups excluding carboxylic acids is 2. The van der Waals surface area contributed by atoms with Crippen molar-refractivity contribution in [3.8, 4) is 0 Å². The fourth-order valence-electron chi connectivity index (χ4n) is 5.95. The zero-order valence-electron chi connectivity index (χ0n) is 21.0. The van der Waals surface area contributed by atoms with E-state index in [-0.39, 0.29) is 11.5 Å². The van der Waals surface area contributed by atoms with Gasteiger partial charge < -0.3 is 14.6 Å². The van der Waals surface area contributed by atoms with E-state index in [2.05, 4.69) is 38.2 Å². The Morgan fingerprint density at radius 2 is 1.78 bits per heavy atom. The fourth-order valence-corrected chi connectivity index (χ4v) is 5.95. The van der Waals surface area contributed by atoms with Crippen LogP contribution in [0.15, 0.2) is 69.0 Å². The Balaban J connectivity index is 1.40. The Hall–Kier alpha value is -3.74. The Labute approximate surface area is 209 Å². The second-order valence-corrected chi connectivity index (χ2v) is 10.6. The van der Waals surface area contributed by atoms with Crippen molar-refractivity contribution in [3.63, 3.8) is 0 Å². The number of fused-ring (bicyclic) bond motifs is 3. The second-order valence-electron chi connectivity index (χ2n) is 10.6. The standard InChI is InChI=1S/C29H30N2O5/c1-5-18-10-12-20(13-11-18)30-26(34)29-15-14-28(4,27(29,2)3)23(17-29)31-36-25(33)21-16-19-8-6-7-9-22(19)35-24(21)32/h6-13,16H,5,14-15,17H2,1-4H3,(H,30,34). The van der Waals surface area contributed by atoms with Crippen LogP contribution in [-0.4, -0.2) is 17.6 Å². The quantitative estimate of drug-likeness (QED) is 0.282. The molecule has 1 N–H and O–H groups in total. The molecule has 0 spiro atoms. The largest absolute Gasteiger partial charge is 0.422 e. The predicted molar refractivity (Wildman–Crippen MR) is 138 cm³/mol. The number of aryl methyl sites for hydroxylation is 1. The third kappa shape index (κ3) is 3.48. The van der Waals surface area contributed by atoms with E-state index in [1.54, 1.807) is 24.3 Å². The molecule has 186 valence electrons. The molecule has 5 rings (SSSR count). The topological polar surface area (TPSA) is 98.0 Å². The molecule has 1 aromatic heterocycles. The van der Waals surface area contributed by atoms with Gasteiger partial charge in [0, 0.05) is 22.9 Å². The van der Waals surface area contributed by atoms with E-state index in [0.29, 0.717) is 23.1 Å². The van der Waals surface area contributed by atoms with Gasteiger partial charge in [0.2, 0.25) is 5.91 Å². The smallest absolute Gasteiger partial charge is 0.373 e. The molecule has 7 nitrogen and oxygen atoms in total. The van der Waals surface area contributed by atoms with Gasteiger partial charge in [-0.15, -0.1) is 0 Å². The zero-order chi connectivity index (χ0) is 25.7. The van der Waals surface area contributed by atoms with Gasteiger partial charge in [-0.2, -0.15) is 0 Å². The number of hydrogen-bond donors (Lipinski definition) is 1. The van der Waals surface area contributed by atoms with E-state index in [9.17, 15) is 14.4 Å². The lowest BCUT2D eigenvalue weighted by atomic mass is 9.64. The first-order valence-corrected chi connectivity index (χ1v) is 12.3. The maximum absolute atomic E-state index is 13.7. The normalized spacial score (nSPS) is 25.3. The number of hydrogen-bond acceptors (Lipinski definition) is 6. The molecule has 0 saturated heterocycles. The molecular formula is C29H30N2O5. The van der Waals surface area contributed by atoms with Gasteiger partial charge in [0.25, 0.3) is 0 Å². The summed E-state index contributed by atoms with van der Waals surface area (Å²) >= 11 is 0. The highest BCUT2D eigenvalue weighted by Crippen LogP contribution is 2.71. The van der Waals surface area contributed by atoms with Crippen molar-refractivity contribution in [2.45, 2.75) is 53.4 Å². The molecule has 3 aromatic rings. The molecule has 2 atom stereocenters. The molecule has 0 radical (unpaired) electrons. The van der Waals surface area contributed by atoms with Gasteiger partial charge in [-0.3, -0.25) is 4.79 Å². The van der Waals surface area contributed by atoms with Gasteiger partial charge >= 0.3 is 11.6 Å². The molecule has 2 saturated carbocycles. The van der Waals surface area contributed by atoms with E-state index in [1.165, 1.54) is 11.6 Å². The molecule has 2 bridgehead atoms.